The first kappa shape index (κ1) is 20.7. The van der Waals surface area contributed by atoms with Crippen LogP contribution in [-0.4, -0.2) is 56.7 Å². The lowest BCUT2D eigenvalue weighted by Gasteiger charge is -2.35. The van der Waals surface area contributed by atoms with Crippen LogP contribution in [0.2, 0.25) is 0 Å². The number of anilines is 3. The number of benzene rings is 1. The van der Waals surface area contributed by atoms with Gasteiger partial charge in [-0.05, 0) is 32.0 Å². The number of nitrogens with zero attached hydrogens (tertiary/aromatic N) is 6. The van der Waals surface area contributed by atoms with Crippen LogP contribution >= 0.6 is 0 Å². The van der Waals surface area contributed by atoms with E-state index in [9.17, 15) is 13.6 Å². The molecule has 10 heteroatoms. The number of hydrogen-bond acceptors (Lipinski definition) is 6. The summed E-state index contributed by atoms with van der Waals surface area (Å²) in [6.45, 7) is 7.72. The predicted octanol–water partition coefficient (Wildman–Crippen LogP) is 2.97. The van der Waals surface area contributed by atoms with E-state index in [1.54, 1.807) is 22.6 Å². The maximum absolute atomic E-state index is 14.2. The van der Waals surface area contributed by atoms with Crippen molar-refractivity contribution in [3.05, 3.63) is 53.4 Å². The number of hydrogen-bond donors (Lipinski definition) is 1. The Hall–Kier alpha value is -3.56. The van der Waals surface area contributed by atoms with Crippen LogP contribution in [0.1, 0.15) is 18.3 Å². The summed E-state index contributed by atoms with van der Waals surface area (Å²) in [6.07, 6.45) is 0. The molecular weight excluding hydrogens is 404 g/mol. The van der Waals surface area contributed by atoms with Crippen molar-refractivity contribution in [2.24, 2.45) is 0 Å². The summed E-state index contributed by atoms with van der Waals surface area (Å²) in [5.41, 5.74) is 1.78. The van der Waals surface area contributed by atoms with E-state index in [1.165, 1.54) is 12.1 Å². The Morgan fingerprint density at radius 1 is 1.03 bits per heavy atom. The molecule has 0 atom stereocenters. The number of nitrogens with one attached hydrogen (secondary N) is 1. The second-order valence-corrected chi connectivity index (χ2v) is 7.49. The fraction of sp³-hybridized carbons (Fsp3) is 0.333. The van der Waals surface area contributed by atoms with Gasteiger partial charge in [0.2, 0.25) is 5.91 Å². The lowest BCUT2D eigenvalue weighted by molar-refractivity contribution is -0.129. The Labute approximate surface area is 178 Å². The molecule has 4 rings (SSSR count). The van der Waals surface area contributed by atoms with Crippen molar-refractivity contribution < 1.29 is 13.6 Å². The summed E-state index contributed by atoms with van der Waals surface area (Å²) < 4.78 is 29.1. The van der Waals surface area contributed by atoms with Crippen molar-refractivity contribution in [1.29, 1.82) is 0 Å². The Balaban J connectivity index is 1.70. The summed E-state index contributed by atoms with van der Waals surface area (Å²) in [7, 11) is 0. The molecule has 1 aliphatic heterocycles. The molecule has 162 valence electrons. The van der Waals surface area contributed by atoms with E-state index >= 15 is 0 Å². The molecule has 1 amide bonds. The van der Waals surface area contributed by atoms with Gasteiger partial charge >= 0.3 is 0 Å². The second-order valence-electron chi connectivity index (χ2n) is 7.49. The SMILES string of the molecule is CC(=O)N1CCN(c2cc(Nc3ccc(F)cc3F)nc(-n3nc(C)cc3C)n2)CC1. The number of piperazine rings is 1. The number of aromatic nitrogens is 4. The average Bonchev–Trinajstić information content (AvgIpc) is 3.08. The molecule has 0 radical (unpaired) electrons. The zero-order valence-corrected chi connectivity index (χ0v) is 17.6. The number of halogens is 2. The highest BCUT2D eigenvalue weighted by molar-refractivity contribution is 5.73. The van der Waals surface area contributed by atoms with Crippen molar-refractivity contribution in [3.63, 3.8) is 0 Å². The third kappa shape index (κ3) is 4.47. The highest BCUT2D eigenvalue weighted by atomic mass is 19.1. The number of carbonyl (C=O) groups is 1. The number of rotatable bonds is 4. The minimum Gasteiger partial charge on any atom is -0.353 e. The first-order chi connectivity index (χ1) is 14.8. The number of aryl methyl sites for hydroxylation is 2. The zero-order valence-electron chi connectivity index (χ0n) is 17.6. The smallest absolute Gasteiger partial charge is 0.254 e. The fourth-order valence-corrected chi connectivity index (χ4v) is 3.55. The standard InChI is InChI=1S/C21H23F2N7O/c1-13-10-14(2)30(27-13)21-25-19(24-18-5-4-16(22)11-17(18)23)12-20(26-21)29-8-6-28(7-9-29)15(3)31/h4-5,10-12H,6-9H2,1-3H3,(H,24,25,26). The van der Waals surface area contributed by atoms with Crippen LogP contribution in [0.3, 0.4) is 0 Å². The van der Waals surface area contributed by atoms with Gasteiger partial charge in [-0.3, -0.25) is 4.79 Å². The summed E-state index contributed by atoms with van der Waals surface area (Å²) in [5, 5.41) is 7.37. The van der Waals surface area contributed by atoms with E-state index in [4.69, 9.17) is 0 Å². The maximum atomic E-state index is 14.2. The summed E-state index contributed by atoms with van der Waals surface area (Å²) in [4.78, 5) is 24.6. The van der Waals surface area contributed by atoms with Crippen molar-refractivity contribution in [3.8, 4) is 5.95 Å². The topological polar surface area (TPSA) is 79.2 Å². The largest absolute Gasteiger partial charge is 0.353 e. The minimum atomic E-state index is -0.720. The van der Waals surface area contributed by atoms with Crippen LogP contribution in [0.4, 0.5) is 26.1 Å². The van der Waals surface area contributed by atoms with Gasteiger partial charge in [0, 0.05) is 50.9 Å². The zero-order chi connectivity index (χ0) is 22.1. The monoisotopic (exact) mass is 427 g/mol. The van der Waals surface area contributed by atoms with Gasteiger partial charge in [-0.15, -0.1) is 0 Å². The Morgan fingerprint density at radius 2 is 1.77 bits per heavy atom. The Bertz CT molecular complexity index is 1120. The Kier molecular flexibility index (Phi) is 5.53. The van der Waals surface area contributed by atoms with E-state index in [1.807, 2.05) is 24.8 Å². The molecule has 2 aromatic heterocycles. The van der Waals surface area contributed by atoms with Crippen LogP contribution in [-0.2, 0) is 4.79 Å². The maximum Gasteiger partial charge on any atom is 0.254 e. The molecule has 0 bridgehead atoms. The molecule has 1 aromatic carbocycles. The van der Waals surface area contributed by atoms with Gasteiger partial charge in [-0.2, -0.15) is 15.1 Å². The first-order valence-corrected chi connectivity index (χ1v) is 9.95. The quantitative estimate of drug-likeness (QED) is 0.690. The van der Waals surface area contributed by atoms with Crippen molar-refractivity contribution in [2.75, 3.05) is 36.4 Å². The minimum absolute atomic E-state index is 0.0415. The number of amides is 1. The van der Waals surface area contributed by atoms with E-state index in [0.717, 1.165) is 17.5 Å². The van der Waals surface area contributed by atoms with Gasteiger partial charge in [0.05, 0.1) is 11.4 Å². The molecule has 3 aromatic rings. The van der Waals surface area contributed by atoms with Crippen LogP contribution in [0.15, 0.2) is 30.3 Å². The van der Waals surface area contributed by atoms with Gasteiger partial charge in [-0.1, -0.05) is 0 Å². The molecule has 0 unspecified atom stereocenters. The van der Waals surface area contributed by atoms with Crippen molar-refractivity contribution in [2.45, 2.75) is 20.8 Å². The lowest BCUT2D eigenvalue weighted by Crippen LogP contribution is -2.48. The molecule has 3 heterocycles. The van der Waals surface area contributed by atoms with E-state index in [0.29, 0.717) is 43.8 Å². The summed E-state index contributed by atoms with van der Waals surface area (Å²) >= 11 is 0. The van der Waals surface area contributed by atoms with Gasteiger partial charge in [-0.25, -0.2) is 13.5 Å². The molecule has 0 saturated carbocycles. The molecular formula is C21H23F2N7O. The van der Waals surface area contributed by atoms with E-state index in [-0.39, 0.29) is 11.6 Å². The van der Waals surface area contributed by atoms with Crippen LogP contribution in [0, 0.1) is 25.5 Å². The molecule has 1 N–H and O–H groups in total. The van der Waals surface area contributed by atoms with Crippen molar-refractivity contribution in [1.82, 2.24) is 24.6 Å². The van der Waals surface area contributed by atoms with Gasteiger partial charge in [0.15, 0.2) is 0 Å². The predicted molar refractivity (Wildman–Crippen MR) is 113 cm³/mol. The molecule has 1 fully saturated rings. The van der Waals surface area contributed by atoms with Gasteiger partial charge in [0.1, 0.15) is 23.3 Å². The molecule has 0 spiro atoms. The second kappa shape index (κ2) is 8.29. The summed E-state index contributed by atoms with van der Waals surface area (Å²) in [5.74, 6) is -0.0132. The van der Waals surface area contributed by atoms with Crippen LogP contribution in [0.5, 0.6) is 0 Å². The van der Waals surface area contributed by atoms with Crippen LogP contribution < -0.4 is 10.2 Å². The third-order valence-electron chi connectivity index (χ3n) is 5.14. The highest BCUT2D eigenvalue weighted by Crippen LogP contribution is 2.25. The molecule has 31 heavy (non-hydrogen) atoms. The van der Waals surface area contributed by atoms with E-state index < -0.39 is 11.6 Å². The van der Waals surface area contributed by atoms with E-state index in [2.05, 4.69) is 20.4 Å². The molecule has 0 aliphatic carbocycles. The first-order valence-electron chi connectivity index (χ1n) is 9.95. The van der Waals surface area contributed by atoms with Crippen molar-refractivity contribution >= 4 is 23.2 Å². The normalized spacial score (nSPS) is 14.1. The third-order valence-corrected chi connectivity index (χ3v) is 5.14. The molecule has 1 aliphatic rings. The molecule has 8 nitrogen and oxygen atoms in total. The van der Waals surface area contributed by atoms with Crippen LogP contribution in [0.25, 0.3) is 5.95 Å². The lowest BCUT2D eigenvalue weighted by atomic mass is 10.3. The summed E-state index contributed by atoms with van der Waals surface area (Å²) in [6, 6.07) is 6.93. The van der Waals surface area contributed by atoms with Gasteiger partial charge < -0.3 is 15.1 Å². The molecule has 1 saturated heterocycles. The average molecular weight is 427 g/mol. The fourth-order valence-electron chi connectivity index (χ4n) is 3.55. The Morgan fingerprint density at radius 3 is 2.39 bits per heavy atom. The van der Waals surface area contributed by atoms with Gasteiger partial charge in [0.25, 0.3) is 5.95 Å². The highest BCUT2D eigenvalue weighted by Gasteiger charge is 2.22. The number of carbonyl (C=O) groups excluding carboxylic acids is 1.